The van der Waals surface area contributed by atoms with E-state index in [4.69, 9.17) is 21.1 Å². The molecule has 2 aliphatic carbocycles. The first-order chi connectivity index (χ1) is 10.2. The molecular formula is C16H18ClNO3. The fourth-order valence-corrected chi connectivity index (χ4v) is 3.03. The zero-order valence-electron chi connectivity index (χ0n) is 12.0. The molecule has 5 heteroatoms. The van der Waals surface area contributed by atoms with E-state index >= 15 is 0 Å². The number of nitrogens with zero attached hydrogens (tertiary/aromatic N) is 1. The Morgan fingerprint density at radius 2 is 2.14 bits per heavy atom. The number of benzene rings is 1. The number of isocyanates is 1. The summed E-state index contributed by atoms with van der Waals surface area (Å²) in [6, 6.07) is 3.63. The van der Waals surface area contributed by atoms with Crippen molar-refractivity contribution in [1.29, 1.82) is 0 Å². The highest BCUT2D eigenvalue weighted by molar-refractivity contribution is 6.31. The van der Waals surface area contributed by atoms with E-state index in [2.05, 4.69) is 4.99 Å². The van der Waals surface area contributed by atoms with Gasteiger partial charge in [-0.3, -0.25) is 0 Å². The van der Waals surface area contributed by atoms with Crippen LogP contribution < -0.4 is 9.47 Å². The fourth-order valence-electron chi connectivity index (χ4n) is 2.70. The van der Waals surface area contributed by atoms with E-state index in [0.717, 1.165) is 24.8 Å². The number of rotatable bonds is 6. The summed E-state index contributed by atoms with van der Waals surface area (Å²) >= 11 is 6.40. The molecule has 0 unspecified atom stereocenters. The molecule has 0 N–H and O–H groups in total. The van der Waals surface area contributed by atoms with E-state index in [0.29, 0.717) is 29.0 Å². The van der Waals surface area contributed by atoms with Crippen LogP contribution in [0.2, 0.25) is 5.02 Å². The summed E-state index contributed by atoms with van der Waals surface area (Å²) < 4.78 is 11.2. The van der Waals surface area contributed by atoms with Crippen molar-refractivity contribution in [1.82, 2.24) is 0 Å². The molecule has 0 atom stereocenters. The van der Waals surface area contributed by atoms with Crippen LogP contribution in [0, 0.1) is 5.92 Å². The van der Waals surface area contributed by atoms with Crippen molar-refractivity contribution in [3.63, 3.8) is 0 Å². The smallest absolute Gasteiger partial charge is 0.235 e. The summed E-state index contributed by atoms with van der Waals surface area (Å²) in [5.41, 5.74) is 0.301. The van der Waals surface area contributed by atoms with Crippen molar-refractivity contribution in [2.24, 2.45) is 10.9 Å². The summed E-state index contributed by atoms with van der Waals surface area (Å²) in [6.45, 7) is 0.698. The Morgan fingerprint density at radius 3 is 2.67 bits per heavy atom. The van der Waals surface area contributed by atoms with Crippen molar-refractivity contribution >= 4 is 17.7 Å². The third-order valence-corrected chi connectivity index (χ3v) is 4.68. The predicted molar refractivity (Wildman–Crippen MR) is 79.9 cm³/mol. The van der Waals surface area contributed by atoms with Gasteiger partial charge in [-0.1, -0.05) is 11.6 Å². The lowest BCUT2D eigenvalue weighted by molar-refractivity contribution is 0.252. The molecule has 2 fully saturated rings. The van der Waals surface area contributed by atoms with Crippen LogP contribution in [0.1, 0.15) is 37.7 Å². The van der Waals surface area contributed by atoms with Crippen molar-refractivity contribution < 1.29 is 14.3 Å². The summed E-state index contributed by atoms with van der Waals surface area (Å²) in [5.74, 6) is 1.95. The largest absolute Gasteiger partial charge is 0.493 e. The Morgan fingerprint density at radius 1 is 1.38 bits per heavy atom. The second-order valence-corrected chi connectivity index (χ2v) is 6.23. The first kappa shape index (κ1) is 14.4. The average Bonchev–Trinajstić information content (AvgIpc) is 3.25. The fraction of sp³-hybridized carbons (Fsp3) is 0.562. The van der Waals surface area contributed by atoms with Crippen LogP contribution in [-0.4, -0.2) is 19.8 Å². The van der Waals surface area contributed by atoms with E-state index < -0.39 is 5.54 Å². The Hall–Kier alpha value is -1.51. The maximum Gasteiger partial charge on any atom is 0.235 e. The van der Waals surface area contributed by atoms with Gasteiger partial charge in [-0.25, -0.2) is 4.79 Å². The minimum absolute atomic E-state index is 0.527. The number of carbonyl (C=O) groups excluding carboxylic acids is 1. The second-order valence-electron chi connectivity index (χ2n) is 5.83. The van der Waals surface area contributed by atoms with Crippen LogP contribution >= 0.6 is 11.6 Å². The molecule has 0 bridgehead atoms. The van der Waals surface area contributed by atoms with Crippen molar-refractivity contribution in [2.45, 2.75) is 37.6 Å². The number of aliphatic imine (C=N–C) groups is 1. The second kappa shape index (κ2) is 5.70. The summed E-state index contributed by atoms with van der Waals surface area (Å²) in [6.07, 6.45) is 6.79. The summed E-state index contributed by atoms with van der Waals surface area (Å²) in [7, 11) is 1.60. The molecule has 0 radical (unpaired) electrons. The molecule has 1 aromatic carbocycles. The molecule has 2 saturated carbocycles. The molecule has 3 rings (SSSR count). The van der Waals surface area contributed by atoms with Gasteiger partial charge in [0.05, 0.1) is 24.3 Å². The van der Waals surface area contributed by atoms with Crippen LogP contribution in [0.4, 0.5) is 0 Å². The van der Waals surface area contributed by atoms with Gasteiger partial charge in [0.1, 0.15) is 0 Å². The van der Waals surface area contributed by atoms with E-state index in [-0.39, 0.29) is 0 Å². The van der Waals surface area contributed by atoms with E-state index in [1.165, 1.54) is 12.8 Å². The Kier molecular flexibility index (Phi) is 3.92. The predicted octanol–water partition coefficient (Wildman–Crippen LogP) is 3.85. The zero-order chi connectivity index (χ0) is 14.9. The monoisotopic (exact) mass is 307 g/mol. The lowest BCUT2D eigenvalue weighted by Crippen LogP contribution is -2.32. The van der Waals surface area contributed by atoms with Crippen LogP contribution in [-0.2, 0) is 10.3 Å². The molecule has 0 spiro atoms. The number of ether oxygens (including phenoxy) is 2. The lowest BCUT2D eigenvalue weighted by Gasteiger charge is -2.37. The molecule has 2 aliphatic rings. The standard InChI is InChI=1S/C16H18ClNO3/c1-20-14-7-12(16(18-10-19)5-2-6-16)13(17)8-15(14)21-9-11-3-4-11/h7-8,11H,2-6,9H2,1H3. The average molecular weight is 308 g/mol. The van der Waals surface area contributed by atoms with Gasteiger partial charge in [-0.15, -0.1) is 0 Å². The first-order valence-corrected chi connectivity index (χ1v) is 7.66. The van der Waals surface area contributed by atoms with Gasteiger partial charge >= 0.3 is 0 Å². The molecule has 21 heavy (non-hydrogen) atoms. The molecule has 112 valence electrons. The van der Waals surface area contributed by atoms with Gasteiger partial charge in [0.25, 0.3) is 0 Å². The molecule has 0 amide bonds. The molecule has 0 aliphatic heterocycles. The van der Waals surface area contributed by atoms with Crippen molar-refractivity contribution in [3.8, 4) is 11.5 Å². The highest BCUT2D eigenvalue weighted by Gasteiger charge is 2.41. The van der Waals surface area contributed by atoms with Gasteiger partial charge in [0, 0.05) is 11.6 Å². The Balaban J connectivity index is 1.92. The molecular weight excluding hydrogens is 290 g/mol. The molecule has 0 saturated heterocycles. The molecule has 0 heterocycles. The topological polar surface area (TPSA) is 47.9 Å². The maximum absolute atomic E-state index is 10.7. The highest BCUT2D eigenvalue weighted by Crippen LogP contribution is 2.49. The number of hydrogen-bond acceptors (Lipinski definition) is 4. The number of hydrogen-bond donors (Lipinski definition) is 0. The lowest BCUT2D eigenvalue weighted by atomic mass is 9.72. The quantitative estimate of drug-likeness (QED) is 0.592. The normalized spacial score (nSPS) is 19.3. The summed E-state index contributed by atoms with van der Waals surface area (Å²) in [5, 5.41) is 0.570. The van der Waals surface area contributed by atoms with Crippen LogP contribution in [0.5, 0.6) is 11.5 Å². The molecule has 4 nitrogen and oxygen atoms in total. The van der Waals surface area contributed by atoms with Gasteiger partial charge in [0.15, 0.2) is 11.5 Å². The third-order valence-electron chi connectivity index (χ3n) is 4.37. The van der Waals surface area contributed by atoms with E-state index in [9.17, 15) is 4.79 Å². The zero-order valence-corrected chi connectivity index (χ0v) is 12.8. The van der Waals surface area contributed by atoms with Crippen molar-refractivity contribution in [3.05, 3.63) is 22.7 Å². The SMILES string of the molecule is COc1cc(C2(N=C=O)CCC2)c(Cl)cc1OCC1CC1. The maximum atomic E-state index is 10.7. The van der Waals surface area contributed by atoms with E-state index in [1.54, 1.807) is 19.3 Å². The highest BCUT2D eigenvalue weighted by atomic mass is 35.5. The Labute approximate surface area is 129 Å². The van der Waals surface area contributed by atoms with Crippen molar-refractivity contribution in [2.75, 3.05) is 13.7 Å². The summed E-state index contributed by atoms with van der Waals surface area (Å²) in [4.78, 5) is 14.7. The van der Waals surface area contributed by atoms with E-state index in [1.807, 2.05) is 6.07 Å². The Bertz CT molecular complexity index is 587. The molecule has 0 aromatic heterocycles. The van der Waals surface area contributed by atoms with Crippen LogP contribution in [0.25, 0.3) is 0 Å². The third kappa shape index (κ3) is 2.78. The minimum Gasteiger partial charge on any atom is -0.493 e. The number of halogens is 1. The van der Waals surface area contributed by atoms with Gasteiger partial charge in [0.2, 0.25) is 6.08 Å². The van der Waals surface area contributed by atoms with Gasteiger partial charge < -0.3 is 9.47 Å². The minimum atomic E-state index is -0.527. The first-order valence-electron chi connectivity index (χ1n) is 7.28. The van der Waals surface area contributed by atoms with Crippen LogP contribution in [0.15, 0.2) is 17.1 Å². The number of methoxy groups -OCH3 is 1. The van der Waals surface area contributed by atoms with Gasteiger partial charge in [-0.2, -0.15) is 4.99 Å². The van der Waals surface area contributed by atoms with Crippen LogP contribution in [0.3, 0.4) is 0 Å². The van der Waals surface area contributed by atoms with Gasteiger partial charge in [-0.05, 0) is 44.1 Å². The molecule has 1 aromatic rings.